The van der Waals surface area contributed by atoms with Crippen LogP contribution in [-0.4, -0.2) is 163 Å². The molecule has 0 aliphatic carbocycles. The molecular formula is C51H88N6O10. The van der Waals surface area contributed by atoms with E-state index in [1.807, 2.05) is 62.7 Å². The molecule has 4 heterocycles. The van der Waals surface area contributed by atoms with E-state index in [-0.39, 0.29) is 30.9 Å². The van der Waals surface area contributed by atoms with Gasteiger partial charge in [0.05, 0.1) is 47.2 Å². The van der Waals surface area contributed by atoms with Gasteiger partial charge in [-0.05, 0) is 124 Å². The summed E-state index contributed by atoms with van der Waals surface area (Å²) >= 11 is 0. The van der Waals surface area contributed by atoms with Crippen LogP contribution in [0.5, 0.6) is 0 Å². The van der Waals surface area contributed by atoms with Gasteiger partial charge in [-0.3, -0.25) is 9.48 Å². The summed E-state index contributed by atoms with van der Waals surface area (Å²) in [7, 11) is 5.57. The van der Waals surface area contributed by atoms with Crippen LogP contribution in [0.2, 0.25) is 0 Å². The number of aryl methyl sites for hydroxylation is 2. The average Bonchev–Trinajstić information content (AvgIpc) is 3.73. The number of cyclic esters (lactones) is 1. The predicted octanol–water partition coefficient (Wildman–Crippen LogP) is 5.01. The fraction of sp³-hybridized carbons (Fsp3) is 0.824. The van der Waals surface area contributed by atoms with E-state index in [2.05, 4.69) is 48.2 Å². The monoisotopic (exact) mass is 945 g/mol. The van der Waals surface area contributed by atoms with Crippen molar-refractivity contribution in [2.45, 2.75) is 211 Å². The van der Waals surface area contributed by atoms with Crippen molar-refractivity contribution in [2.75, 3.05) is 40.0 Å². The van der Waals surface area contributed by atoms with Crippen molar-refractivity contribution in [3.05, 3.63) is 41.7 Å². The molecule has 3 saturated heterocycles. The van der Waals surface area contributed by atoms with E-state index in [0.717, 1.165) is 56.6 Å². The molecule has 17 atom stereocenters. The molecule has 1 unspecified atom stereocenters. The number of rotatable bonds is 14. The zero-order valence-corrected chi connectivity index (χ0v) is 43.0. The van der Waals surface area contributed by atoms with E-state index >= 15 is 0 Å². The summed E-state index contributed by atoms with van der Waals surface area (Å²) < 4.78 is 34.5. The Hall–Kier alpha value is -2.77. The minimum atomic E-state index is -1.77. The normalized spacial score (nSPS) is 40.0. The van der Waals surface area contributed by atoms with Gasteiger partial charge in [-0.2, -0.15) is 0 Å². The summed E-state index contributed by atoms with van der Waals surface area (Å²) in [6.07, 6.45) is 1.83. The molecule has 5 rings (SSSR count). The summed E-state index contributed by atoms with van der Waals surface area (Å²) in [5, 5.41) is 56.6. The molecule has 3 fully saturated rings. The maximum Gasteiger partial charge on any atom is 0.309 e. The summed E-state index contributed by atoms with van der Waals surface area (Å²) in [5.74, 6) is -2.66. The molecule has 0 amide bonds. The number of anilines is 1. The quantitative estimate of drug-likeness (QED) is 0.0959. The van der Waals surface area contributed by atoms with Crippen molar-refractivity contribution >= 4 is 11.7 Å². The summed E-state index contributed by atoms with van der Waals surface area (Å²) in [4.78, 5) is 18.9. The Morgan fingerprint density at radius 1 is 0.955 bits per heavy atom. The molecule has 16 heteroatoms. The first kappa shape index (κ1) is 55.2. The number of nitrogen functional groups attached to an aromatic ring is 1. The highest BCUT2D eigenvalue weighted by Gasteiger charge is 2.54. The molecule has 16 nitrogen and oxygen atoms in total. The minimum Gasteiger partial charge on any atom is -0.459 e. The number of hydrogen-bond acceptors (Lipinski definition) is 15. The Morgan fingerprint density at radius 2 is 1.64 bits per heavy atom. The first-order valence-corrected chi connectivity index (χ1v) is 25.1. The van der Waals surface area contributed by atoms with Gasteiger partial charge in [0.1, 0.15) is 23.9 Å². The number of carbonyl (C=O) groups excluding carboxylic acids is 1. The number of carbonyl (C=O) groups is 1. The molecule has 2 aromatic rings. The highest BCUT2D eigenvalue weighted by atomic mass is 16.7. The number of nitrogens with zero attached hydrogens (tertiary/aromatic N) is 5. The van der Waals surface area contributed by atoms with Gasteiger partial charge in [-0.15, -0.1) is 5.10 Å². The van der Waals surface area contributed by atoms with Crippen molar-refractivity contribution in [2.24, 2.45) is 23.7 Å². The zero-order chi connectivity index (χ0) is 49.6. The maximum absolute atomic E-state index is 14.6. The zero-order valence-electron chi connectivity index (χ0n) is 43.0. The second-order valence-electron chi connectivity index (χ2n) is 21.6. The number of methoxy groups -OCH3 is 1. The number of nitrogens with two attached hydrogens (primary N) is 1. The van der Waals surface area contributed by atoms with Gasteiger partial charge in [0.2, 0.25) is 0 Å². The molecule has 0 radical (unpaired) electrons. The summed E-state index contributed by atoms with van der Waals surface area (Å²) in [6.45, 7) is 20.6. The Kier molecular flexibility index (Phi) is 19.3. The molecular weight excluding hydrogens is 857 g/mol. The molecule has 3 aliphatic rings. The first-order valence-electron chi connectivity index (χ1n) is 25.1. The molecule has 382 valence electrons. The standard InChI is InChI=1S/C51H88N6O10/c1-14-42-51(10,62)45(58)35(6)56(12)29-31(2)27-49(8,61)47(33(4)44(34(5)48(60)66-42)41-28-50(9,63-13)46(59)36(7)65-41)67-43-26-40(25-32(3)64-43)55(11)24-22-39-30-57(54-53-39)23-16-15-17-37-18-20-38(52)21-19-37/h18-21,30-36,40-47,58-59,61-62H,14-17,22-29,52H2,1-13H3/t31-,32-,33+,34-,35-,36+,40+,41-,42-,43+,44?,45-,46+,47-,49-,50-,51-/m1/s1. The van der Waals surface area contributed by atoms with E-state index in [4.69, 9.17) is 29.4 Å². The highest BCUT2D eigenvalue weighted by Crippen LogP contribution is 2.45. The first-order chi connectivity index (χ1) is 31.4. The number of hydrogen-bond donors (Lipinski definition) is 5. The SMILES string of the molecule is CC[C@H]1OC(=O)[C@H](C)C([C@H]2C[C@@](C)(OC)[C@@H](O)[C@H](C)O2)[C@H](C)[C@@H](O[C@H]2C[C@@H](N(C)CCc3cn(CCCCc4ccc(N)cc4)nn3)C[C@@H](C)O2)[C@](C)(O)C[C@@H](C)CN(C)[C@H](C)[C@@H](O)[C@]1(C)O. The number of ether oxygens (including phenoxy) is 5. The molecule has 0 bridgehead atoms. The fourth-order valence-corrected chi connectivity index (χ4v) is 11.5. The van der Waals surface area contributed by atoms with Crippen LogP contribution in [0.15, 0.2) is 30.5 Å². The molecule has 6 N–H and O–H groups in total. The third-order valence-electron chi connectivity index (χ3n) is 15.8. The van der Waals surface area contributed by atoms with Crippen molar-refractivity contribution in [3.8, 4) is 0 Å². The highest BCUT2D eigenvalue weighted by molar-refractivity contribution is 5.73. The Morgan fingerprint density at radius 3 is 2.30 bits per heavy atom. The fourth-order valence-electron chi connectivity index (χ4n) is 11.5. The number of aromatic nitrogens is 3. The summed E-state index contributed by atoms with van der Waals surface area (Å²) in [6, 6.07) is 7.65. The van der Waals surface area contributed by atoms with Gasteiger partial charge in [0, 0.05) is 75.9 Å². The van der Waals surface area contributed by atoms with E-state index in [1.165, 1.54) is 12.5 Å². The van der Waals surface area contributed by atoms with Crippen molar-refractivity contribution in [1.82, 2.24) is 24.8 Å². The molecule has 0 spiro atoms. The van der Waals surface area contributed by atoms with Crippen LogP contribution in [0.3, 0.4) is 0 Å². The summed E-state index contributed by atoms with van der Waals surface area (Å²) in [5.41, 5.74) is 4.61. The van der Waals surface area contributed by atoms with Gasteiger partial charge in [0.25, 0.3) is 0 Å². The lowest BCUT2D eigenvalue weighted by molar-refractivity contribution is -0.275. The second kappa shape index (κ2) is 23.4. The van der Waals surface area contributed by atoms with Crippen LogP contribution >= 0.6 is 0 Å². The Balaban J connectivity index is 1.38. The van der Waals surface area contributed by atoms with Gasteiger partial charge < -0.3 is 59.6 Å². The average molecular weight is 945 g/mol. The van der Waals surface area contributed by atoms with Crippen LogP contribution in [-0.2, 0) is 47.9 Å². The van der Waals surface area contributed by atoms with Crippen LogP contribution in [0, 0.1) is 23.7 Å². The number of likely N-dealkylation sites (N-methyl/N-ethyl adjacent to an activating group) is 2. The number of aliphatic hydroxyl groups excluding tert-OH is 2. The largest absolute Gasteiger partial charge is 0.459 e. The molecule has 67 heavy (non-hydrogen) atoms. The van der Waals surface area contributed by atoms with E-state index in [9.17, 15) is 25.2 Å². The topological polar surface area (TPSA) is 207 Å². The van der Waals surface area contributed by atoms with E-state index in [1.54, 1.807) is 27.9 Å². The molecule has 0 saturated carbocycles. The minimum absolute atomic E-state index is 0.0886. The van der Waals surface area contributed by atoms with Crippen molar-refractivity contribution in [1.29, 1.82) is 0 Å². The Bertz CT molecular complexity index is 1830. The lowest BCUT2D eigenvalue weighted by atomic mass is 9.68. The molecule has 3 aliphatic heterocycles. The molecule has 1 aromatic carbocycles. The van der Waals surface area contributed by atoms with Gasteiger partial charge in [-0.1, -0.05) is 45.0 Å². The van der Waals surface area contributed by atoms with Crippen LogP contribution in [0.1, 0.15) is 125 Å². The predicted molar refractivity (Wildman–Crippen MR) is 258 cm³/mol. The number of esters is 1. The number of aliphatic hydroxyl groups is 4. The van der Waals surface area contributed by atoms with Gasteiger partial charge >= 0.3 is 5.97 Å². The second-order valence-corrected chi connectivity index (χ2v) is 21.6. The van der Waals surface area contributed by atoms with E-state index in [0.29, 0.717) is 19.4 Å². The smallest absolute Gasteiger partial charge is 0.309 e. The lowest BCUT2D eigenvalue weighted by Crippen LogP contribution is -2.61. The van der Waals surface area contributed by atoms with Gasteiger partial charge in [-0.25, -0.2) is 0 Å². The van der Waals surface area contributed by atoms with Crippen molar-refractivity contribution in [3.63, 3.8) is 0 Å². The molecule has 1 aromatic heterocycles. The Labute approximate surface area is 401 Å². The maximum atomic E-state index is 14.6. The van der Waals surface area contributed by atoms with Crippen molar-refractivity contribution < 1.29 is 48.9 Å². The van der Waals surface area contributed by atoms with Crippen LogP contribution in [0.25, 0.3) is 0 Å². The van der Waals surface area contributed by atoms with E-state index < -0.39 is 89.5 Å². The third kappa shape index (κ3) is 13.8. The lowest BCUT2D eigenvalue weighted by Gasteiger charge is -2.51. The van der Waals surface area contributed by atoms with Crippen LogP contribution in [0.4, 0.5) is 5.69 Å². The van der Waals surface area contributed by atoms with Crippen LogP contribution < -0.4 is 5.73 Å². The number of unbranched alkanes of at least 4 members (excludes halogenated alkanes) is 1. The third-order valence-corrected chi connectivity index (χ3v) is 15.8. The number of benzene rings is 1. The van der Waals surface area contributed by atoms with Gasteiger partial charge in [0.15, 0.2) is 6.29 Å².